The molecule has 0 aliphatic rings. The van der Waals surface area contributed by atoms with Gasteiger partial charge >= 0.3 is 0 Å². The molecule has 4 heteroatoms. The Kier molecular flexibility index (Phi) is 5.02. The lowest BCUT2D eigenvalue weighted by Gasteiger charge is -2.18. The first-order chi connectivity index (χ1) is 10.9. The Morgan fingerprint density at radius 3 is 2.61 bits per heavy atom. The Hall–Kier alpha value is -2.80. The van der Waals surface area contributed by atoms with E-state index in [-0.39, 0.29) is 5.91 Å². The molecule has 0 saturated heterocycles. The third kappa shape index (κ3) is 3.89. The first-order valence-electron chi connectivity index (χ1n) is 7.47. The molecule has 2 rings (SSSR count). The van der Waals surface area contributed by atoms with Crippen LogP contribution in [0.4, 0.5) is 5.69 Å². The van der Waals surface area contributed by atoms with E-state index < -0.39 is 6.10 Å². The number of aryl methyl sites for hydroxylation is 2. The minimum Gasteiger partial charge on any atom is -0.481 e. The Morgan fingerprint density at radius 1 is 1.22 bits per heavy atom. The number of nitriles is 1. The third-order valence-electron chi connectivity index (χ3n) is 3.74. The summed E-state index contributed by atoms with van der Waals surface area (Å²) in [4.78, 5) is 12.3. The van der Waals surface area contributed by atoms with E-state index >= 15 is 0 Å². The van der Waals surface area contributed by atoms with Crippen molar-refractivity contribution in [3.05, 3.63) is 58.7 Å². The van der Waals surface area contributed by atoms with Crippen LogP contribution in [0.3, 0.4) is 0 Å². The third-order valence-corrected chi connectivity index (χ3v) is 3.74. The number of rotatable bonds is 4. The van der Waals surface area contributed by atoms with E-state index in [1.807, 2.05) is 26.8 Å². The number of nitrogens with zero attached hydrogens (tertiary/aromatic N) is 1. The number of benzene rings is 2. The van der Waals surface area contributed by atoms with Gasteiger partial charge in [-0.3, -0.25) is 4.79 Å². The molecule has 1 N–H and O–H groups in total. The summed E-state index contributed by atoms with van der Waals surface area (Å²) in [6.07, 6.45) is -0.665. The molecule has 0 aliphatic carbocycles. The van der Waals surface area contributed by atoms with E-state index in [2.05, 4.69) is 17.5 Å². The SMILES string of the molecule is Cc1cc(C)c(C)c(O[C@@H](C)C(=O)Nc2ccccc2C#N)c1. The summed E-state index contributed by atoms with van der Waals surface area (Å²) in [6.45, 7) is 7.68. The Labute approximate surface area is 136 Å². The number of carbonyl (C=O) groups excluding carboxylic acids is 1. The highest BCUT2D eigenvalue weighted by molar-refractivity contribution is 5.95. The van der Waals surface area contributed by atoms with Crippen LogP contribution < -0.4 is 10.1 Å². The van der Waals surface area contributed by atoms with Gasteiger partial charge in [-0.2, -0.15) is 5.26 Å². The summed E-state index contributed by atoms with van der Waals surface area (Å²) in [7, 11) is 0. The van der Waals surface area contributed by atoms with Crippen LogP contribution >= 0.6 is 0 Å². The molecule has 0 bridgehead atoms. The van der Waals surface area contributed by atoms with Crippen molar-refractivity contribution in [3.63, 3.8) is 0 Å². The fourth-order valence-electron chi connectivity index (χ4n) is 2.29. The minimum atomic E-state index is -0.665. The normalized spacial score (nSPS) is 11.4. The smallest absolute Gasteiger partial charge is 0.265 e. The second kappa shape index (κ2) is 6.97. The summed E-state index contributed by atoms with van der Waals surface area (Å²) < 4.78 is 5.82. The molecule has 0 aliphatic heterocycles. The molecule has 118 valence electrons. The molecule has 0 unspecified atom stereocenters. The molecule has 0 radical (unpaired) electrons. The topological polar surface area (TPSA) is 62.1 Å². The number of amides is 1. The van der Waals surface area contributed by atoms with Crippen LogP contribution in [0.5, 0.6) is 5.75 Å². The average Bonchev–Trinajstić information content (AvgIpc) is 2.52. The molecule has 0 fully saturated rings. The van der Waals surface area contributed by atoms with Gasteiger partial charge in [0, 0.05) is 0 Å². The zero-order chi connectivity index (χ0) is 17.0. The number of ether oxygens (including phenoxy) is 1. The highest BCUT2D eigenvalue weighted by Crippen LogP contribution is 2.24. The first kappa shape index (κ1) is 16.6. The van der Waals surface area contributed by atoms with Gasteiger partial charge in [0.05, 0.1) is 11.3 Å². The van der Waals surface area contributed by atoms with Gasteiger partial charge in [0.2, 0.25) is 0 Å². The van der Waals surface area contributed by atoms with E-state index in [0.717, 1.165) is 16.7 Å². The van der Waals surface area contributed by atoms with Crippen molar-refractivity contribution in [1.82, 2.24) is 0 Å². The van der Waals surface area contributed by atoms with Crippen molar-refractivity contribution < 1.29 is 9.53 Å². The molecule has 0 saturated carbocycles. The van der Waals surface area contributed by atoms with Gasteiger partial charge in [0.15, 0.2) is 6.10 Å². The van der Waals surface area contributed by atoms with Gasteiger partial charge in [-0.25, -0.2) is 0 Å². The zero-order valence-corrected chi connectivity index (χ0v) is 13.8. The van der Waals surface area contributed by atoms with E-state index in [1.54, 1.807) is 31.2 Å². The zero-order valence-electron chi connectivity index (χ0n) is 13.8. The number of carbonyl (C=O) groups is 1. The Balaban J connectivity index is 2.14. The van der Waals surface area contributed by atoms with Crippen LogP contribution in [-0.2, 0) is 4.79 Å². The van der Waals surface area contributed by atoms with Gasteiger partial charge in [0.25, 0.3) is 5.91 Å². The summed E-state index contributed by atoms with van der Waals surface area (Å²) in [5.41, 5.74) is 4.16. The lowest BCUT2D eigenvalue weighted by atomic mass is 10.1. The van der Waals surface area contributed by atoms with Crippen molar-refractivity contribution >= 4 is 11.6 Å². The lowest BCUT2D eigenvalue weighted by Crippen LogP contribution is -2.30. The molecule has 4 nitrogen and oxygen atoms in total. The van der Waals surface area contributed by atoms with Gasteiger partial charge < -0.3 is 10.1 Å². The molecule has 0 spiro atoms. The summed E-state index contributed by atoms with van der Waals surface area (Å²) in [5, 5.41) is 11.8. The summed E-state index contributed by atoms with van der Waals surface area (Å²) in [6, 6.07) is 13.0. The first-order valence-corrected chi connectivity index (χ1v) is 7.47. The van der Waals surface area contributed by atoms with E-state index in [4.69, 9.17) is 10.00 Å². The molecule has 1 amide bonds. The quantitative estimate of drug-likeness (QED) is 0.932. The fraction of sp³-hybridized carbons (Fsp3) is 0.263. The molecule has 2 aromatic rings. The van der Waals surface area contributed by atoms with Gasteiger partial charge in [-0.15, -0.1) is 0 Å². The lowest BCUT2D eigenvalue weighted by molar-refractivity contribution is -0.122. The van der Waals surface area contributed by atoms with Crippen molar-refractivity contribution in [2.45, 2.75) is 33.8 Å². The average molecular weight is 308 g/mol. The molecule has 2 aromatic carbocycles. The van der Waals surface area contributed by atoms with E-state index in [0.29, 0.717) is 17.0 Å². The predicted molar refractivity (Wildman–Crippen MR) is 90.5 cm³/mol. The second-order valence-corrected chi connectivity index (χ2v) is 5.61. The molecular weight excluding hydrogens is 288 g/mol. The maximum absolute atomic E-state index is 12.3. The highest BCUT2D eigenvalue weighted by atomic mass is 16.5. The summed E-state index contributed by atoms with van der Waals surface area (Å²) in [5.74, 6) is 0.421. The molecule has 0 aromatic heterocycles. The van der Waals surface area contributed by atoms with Crippen LogP contribution in [0.1, 0.15) is 29.2 Å². The molecule has 23 heavy (non-hydrogen) atoms. The molecule has 0 heterocycles. The predicted octanol–water partition coefficient (Wildman–Crippen LogP) is 3.89. The van der Waals surface area contributed by atoms with Gasteiger partial charge in [-0.1, -0.05) is 18.2 Å². The maximum Gasteiger partial charge on any atom is 0.265 e. The molecule has 1 atom stereocenters. The number of nitrogens with one attached hydrogen (secondary N) is 1. The van der Waals surface area contributed by atoms with Crippen molar-refractivity contribution in [2.75, 3.05) is 5.32 Å². The van der Waals surface area contributed by atoms with Crippen molar-refractivity contribution in [1.29, 1.82) is 5.26 Å². The Bertz CT molecular complexity index is 775. The largest absolute Gasteiger partial charge is 0.481 e. The Morgan fingerprint density at radius 2 is 1.91 bits per heavy atom. The standard InChI is InChI=1S/C19H20N2O2/c1-12-9-13(2)14(3)18(10-12)23-15(4)19(22)21-17-8-6-5-7-16(17)11-20/h5-10,15H,1-4H3,(H,21,22)/t15-/m0/s1. The van der Waals surface area contributed by atoms with Crippen LogP contribution in [0.15, 0.2) is 36.4 Å². The van der Waals surface area contributed by atoms with Crippen LogP contribution in [0.25, 0.3) is 0 Å². The molecular formula is C19H20N2O2. The van der Waals surface area contributed by atoms with Crippen molar-refractivity contribution in [2.24, 2.45) is 0 Å². The van der Waals surface area contributed by atoms with Crippen LogP contribution in [0, 0.1) is 32.1 Å². The number of hydrogen-bond donors (Lipinski definition) is 1. The maximum atomic E-state index is 12.3. The van der Waals surface area contributed by atoms with Crippen LogP contribution in [0.2, 0.25) is 0 Å². The summed E-state index contributed by atoms with van der Waals surface area (Å²) >= 11 is 0. The van der Waals surface area contributed by atoms with Crippen LogP contribution in [-0.4, -0.2) is 12.0 Å². The number of para-hydroxylation sites is 1. The second-order valence-electron chi connectivity index (χ2n) is 5.61. The van der Waals surface area contributed by atoms with Crippen molar-refractivity contribution in [3.8, 4) is 11.8 Å². The number of anilines is 1. The fourth-order valence-corrected chi connectivity index (χ4v) is 2.29. The number of hydrogen-bond acceptors (Lipinski definition) is 3. The van der Waals surface area contributed by atoms with E-state index in [1.165, 1.54) is 0 Å². The van der Waals surface area contributed by atoms with E-state index in [9.17, 15) is 4.79 Å². The minimum absolute atomic E-state index is 0.286. The van der Waals surface area contributed by atoms with Gasteiger partial charge in [0.1, 0.15) is 11.8 Å². The van der Waals surface area contributed by atoms with Gasteiger partial charge in [-0.05, 0) is 62.6 Å². The monoisotopic (exact) mass is 308 g/mol. The highest BCUT2D eigenvalue weighted by Gasteiger charge is 2.17.